The lowest BCUT2D eigenvalue weighted by atomic mass is 10.2. The van der Waals surface area contributed by atoms with Gasteiger partial charge in [0.25, 0.3) is 0 Å². The molecule has 3 aromatic rings. The predicted molar refractivity (Wildman–Crippen MR) is 109 cm³/mol. The molecule has 0 aliphatic carbocycles. The number of aliphatic imine (C=N–C) groups is 1. The monoisotopic (exact) mass is 451 g/mol. The molecule has 0 saturated carbocycles. The Morgan fingerprint density at radius 1 is 1.00 bits per heavy atom. The molecule has 0 aliphatic rings. The number of nitrogens with zero attached hydrogens (tertiary/aromatic N) is 1. The second-order valence-electron chi connectivity index (χ2n) is 5.45. The second-order valence-corrected chi connectivity index (χ2v) is 7.21. The molecule has 132 valence electrons. The number of rotatable bonds is 5. The Morgan fingerprint density at radius 2 is 1.77 bits per heavy atom. The summed E-state index contributed by atoms with van der Waals surface area (Å²) in [4.78, 5) is 4.17. The van der Waals surface area contributed by atoms with Gasteiger partial charge in [0, 0.05) is 26.3 Å². The number of halogens is 4. The average Bonchev–Trinajstić information content (AvgIpc) is 2.61. The van der Waals surface area contributed by atoms with Gasteiger partial charge in [-0.25, -0.2) is 4.39 Å². The first-order valence-corrected chi connectivity index (χ1v) is 9.22. The Morgan fingerprint density at radius 3 is 2.46 bits per heavy atom. The highest BCUT2D eigenvalue weighted by molar-refractivity contribution is 9.10. The summed E-state index contributed by atoms with van der Waals surface area (Å²) in [6.45, 7) is 0.341. The normalized spacial score (nSPS) is 11.1. The van der Waals surface area contributed by atoms with E-state index in [1.807, 2.05) is 30.3 Å². The van der Waals surface area contributed by atoms with E-state index in [1.54, 1.807) is 30.5 Å². The first kappa shape index (κ1) is 18.9. The van der Waals surface area contributed by atoms with Gasteiger partial charge in [0.1, 0.15) is 18.2 Å². The van der Waals surface area contributed by atoms with Crippen molar-refractivity contribution >= 4 is 51.0 Å². The molecule has 3 aromatic carbocycles. The first-order valence-electron chi connectivity index (χ1n) is 7.67. The smallest absolute Gasteiger partial charge is 0.149 e. The van der Waals surface area contributed by atoms with Crippen LogP contribution in [-0.2, 0) is 6.61 Å². The van der Waals surface area contributed by atoms with E-state index >= 15 is 0 Å². The zero-order valence-corrected chi connectivity index (χ0v) is 16.5. The van der Waals surface area contributed by atoms with Gasteiger partial charge in [0.05, 0.1) is 5.69 Å². The van der Waals surface area contributed by atoms with E-state index in [4.69, 9.17) is 27.9 Å². The van der Waals surface area contributed by atoms with Crippen LogP contribution in [0.2, 0.25) is 10.0 Å². The van der Waals surface area contributed by atoms with E-state index in [1.165, 1.54) is 6.07 Å². The summed E-state index contributed by atoms with van der Waals surface area (Å²) >= 11 is 15.2. The minimum atomic E-state index is -0.379. The third-order valence-electron chi connectivity index (χ3n) is 3.55. The quantitative estimate of drug-likeness (QED) is 0.374. The van der Waals surface area contributed by atoms with E-state index in [-0.39, 0.29) is 11.5 Å². The van der Waals surface area contributed by atoms with Gasteiger partial charge in [-0.1, -0.05) is 45.2 Å². The van der Waals surface area contributed by atoms with Gasteiger partial charge in [0.2, 0.25) is 0 Å². The molecule has 0 unspecified atom stereocenters. The molecule has 26 heavy (non-hydrogen) atoms. The van der Waals surface area contributed by atoms with Gasteiger partial charge in [-0.2, -0.15) is 0 Å². The molecule has 0 N–H and O–H groups in total. The van der Waals surface area contributed by atoms with Gasteiger partial charge in [0.15, 0.2) is 0 Å². The molecule has 0 bridgehead atoms. The van der Waals surface area contributed by atoms with Crippen LogP contribution in [0.15, 0.2) is 70.1 Å². The van der Waals surface area contributed by atoms with Crippen LogP contribution >= 0.6 is 39.1 Å². The molecule has 0 heterocycles. The lowest BCUT2D eigenvalue weighted by Gasteiger charge is -2.08. The minimum Gasteiger partial charge on any atom is -0.489 e. The van der Waals surface area contributed by atoms with Crippen molar-refractivity contribution in [2.75, 3.05) is 0 Å². The maximum absolute atomic E-state index is 13.8. The Bertz CT molecular complexity index is 945. The number of hydrogen-bond donors (Lipinski definition) is 0. The number of hydrogen-bond acceptors (Lipinski definition) is 2. The van der Waals surface area contributed by atoms with Crippen LogP contribution in [0.5, 0.6) is 5.75 Å². The van der Waals surface area contributed by atoms with Crippen LogP contribution in [0.3, 0.4) is 0 Å². The zero-order valence-electron chi connectivity index (χ0n) is 13.4. The summed E-state index contributed by atoms with van der Waals surface area (Å²) in [5.41, 5.74) is 1.97. The molecule has 0 amide bonds. The van der Waals surface area contributed by atoms with E-state index in [0.717, 1.165) is 11.1 Å². The van der Waals surface area contributed by atoms with Crippen molar-refractivity contribution in [3.63, 3.8) is 0 Å². The Kier molecular flexibility index (Phi) is 6.30. The highest BCUT2D eigenvalue weighted by Crippen LogP contribution is 2.24. The number of ether oxygens (including phenoxy) is 1. The molecule has 0 saturated heterocycles. The average molecular weight is 453 g/mol. The fraction of sp³-hybridized carbons (Fsp3) is 0.0500. The van der Waals surface area contributed by atoms with E-state index in [0.29, 0.717) is 26.9 Å². The molecule has 2 nitrogen and oxygen atoms in total. The van der Waals surface area contributed by atoms with Crippen molar-refractivity contribution in [2.24, 2.45) is 4.99 Å². The van der Waals surface area contributed by atoms with Gasteiger partial charge in [-0.05, 0) is 60.2 Å². The summed E-state index contributed by atoms with van der Waals surface area (Å²) in [7, 11) is 0. The highest BCUT2D eigenvalue weighted by Gasteiger charge is 2.03. The van der Waals surface area contributed by atoms with Crippen LogP contribution in [0.1, 0.15) is 11.1 Å². The van der Waals surface area contributed by atoms with Crippen molar-refractivity contribution in [1.29, 1.82) is 0 Å². The largest absolute Gasteiger partial charge is 0.489 e. The summed E-state index contributed by atoms with van der Waals surface area (Å²) in [5, 5.41) is 1.15. The molecule has 0 aromatic heterocycles. The predicted octanol–water partition coefficient (Wildman–Crippen LogP) is 7.22. The summed E-state index contributed by atoms with van der Waals surface area (Å²) < 4.78 is 20.2. The van der Waals surface area contributed by atoms with Crippen LogP contribution in [-0.4, -0.2) is 6.21 Å². The standard InChI is InChI=1S/C20H13BrCl2FNO/c21-15-4-8-20(19(24)9-15)25-11-13-1-6-17(7-2-13)26-12-14-3-5-16(22)10-18(14)23/h1-11H,12H2. The fourth-order valence-electron chi connectivity index (χ4n) is 2.18. The first-order chi connectivity index (χ1) is 12.5. The van der Waals surface area contributed by atoms with E-state index in [9.17, 15) is 4.39 Å². The summed E-state index contributed by atoms with van der Waals surface area (Å²) in [6.07, 6.45) is 1.60. The van der Waals surface area contributed by atoms with Gasteiger partial charge >= 0.3 is 0 Å². The molecular weight excluding hydrogens is 440 g/mol. The van der Waals surface area contributed by atoms with E-state index in [2.05, 4.69) is 20.9 Å². The molecule has 0 fully saturated rings. The molecule has 3 rings (SSSR count). The van der Waals surface area contributed by atoms with Gasteiger partial charge in [-0.15, -0.1) is 0 Å². The van der Waals surface area contributed by atoms with Crippen molar-refractivity contribution in [3.8, 4) is 5.75 Å². The molecule has 0 radical (unpaired) electrons. The van der Waals surface area contributed by atoms with Crippen LogP contribution < -0.4 is 4.74 Å². The van der Waals surface area contributed by atoms with Crippen LogP contribution in [0, 0.1) is 5.82 Å². The maximum atomic E-state index is 13.8. The maximum Gasteiger partial charge on any atom is 0.149 e. The van der Waals surface area contributed by atoms with Crippen molar-refractivity contribution in [3.05, 3.63) is 92.1 Å². The van der Waals surface area contributed by atoms with Gasteiger partial charge < -0.3 is 4.74 Å². The Labute approximate surface area is 169 Å². The number of benzene rings is 3. The topological polar surface area (TPSA) is 21.6 Å². The summed E-state index contributed by atoms with van der Waals surface area (Å²) in [5.74, 6) is 0.318. The lowest BCUT2D eigenvalue weighted by Crippen LogP contribution is -1.96. The second kappa shape index (κ2) is 8.67. The fourth-order valence-corrected chi connectivity index (χ4v) is 2.98. The Balaban J connectivity index is 1.63. The third kappa shape index (κ3) is 5.07. The lowest BCUT2D eigenvalue weighted by molar-refractivity contribution is 0.306. The van der Waals surface area contributed by atoms with Crippen LogP contribution in [0.4, 0.5) is 10.1 Å². The molecule has 0 atom stereocenters. The SMILES string of the molecule is Fc1cc(Br)ccc1N=Cc1ccc(OCc2ccc(Cl)cc2Cl)cc1. The minimum absolute atomic E-state index is 0.283. The molecule has 6 heteroatoms. The third-order valence-corrected chi connectivity index (χ3v) is 4.63. The summed E-state index contributed by atoms with van der Waals surface area (Å²) in [6, 6.07) is 17.4. The highest BCUT2D eigenvalue weighted by atomic mass is 79.9. The van der Waals surface area contributed by atoms with E-state index < -0.39 is 0 Å². The molecule has 0 aliphatic heterocycles. The Hall–Kier alpha value is -1.88. The van der Waals surface area contributed by atoms with Crippen molar-refractivity contribution < 1.29 is 9.13 Å². The van der Waals surface area contributed by atoms with Gasteiger partial charge in [-0.3, -0.25) is 4.99 Å². The van der Waals surface area contributed by atoms with Crippen molar-refractivity contribution in [2.45, 2.75) is 6.61 Å². The molecular formula is C20H13BrCl2FNO. The van der Waals surface area contributed by atoms with Crippen molar-refractivity contribution in [1.82, 2.24) is 0 Å². The molecule has 0 spiro atoms. The zero-order chi connectivity index (χ0) is 18.5. The van der Waals surface area contributed by atoms with Crippen LogP contribution in [0.25, 0.3) is 0 Å².